The van der Waals surface area contributed by atoms with Gasteiger partial charge in [-0.15, -0.1) is 0 Å². The summed E-state index contributed by atoms with van der Waals surface area (Å²) >= 11 is 0. The Morgan fingerprint density at radius 2 is 2.10 bits per heavy atom. The van der Waals surface area contributed by atoms with Gasteiger partial charge in [-0.2, -0.15) is 0 Å². The molecule has 1 aliphatic rings. The lowest BCUT2D eigenvalue weighted by molar-refractivity contribution is -0.125. The number of nitrogens with one attached hydrogen (secondary N) is 1. The third-order valence-electron chi connectivity index (χ3n) is 4.41. The molecule has 7 heteroatoms. The third kappa shape index (κ3) is 4.43. The molecule has 6 nitrogen and oxygen atoms in total. The van der Waals surface area contributed by atoms with Gasteiger partial charge >= 0.3 is 0 Å². The van der Waals surface area contributed by atoms with Crippen LogP contribution in [0, 0.1) is 5.92 Å². The van der Waals surface area contributed by atoms with Crippen molar-refractivity contribution in [1.29, 1.82) is 0 Å². The zero-order valence-corrected chi connectivity index (χ0v) is 13.5. The first-order valence-electron chi connectivity index (χ1n) is 7.06. The summed E-state index contributed by atoms with van der Waals surface area (Å²) in [6.45, 7) is 1.30. The number of likely N-dealkylation sites (N-methyl/N-ethyl adjacent to an activating group) is 1. The fourth-order valence-electron chi connectivity index (χ4n) is 3.05. The zero-order chi connectivity index (χ0) is 15.4. The highest BCUT2D eigenvalue weighted by Gasteiger charge is 2.46. The Balaban J connectivity index is 2.50. The maximum absolute atomic E-state index is 11.7. The molecule has 118 valence electrons. The molecule has 0 saturated heterocycles. The van der Waals surface area contributed by atoms with E-state index in [1.807, 2.05) is 11.9 Å². The van der Waals surface area contributed by atoms with Gasteiger partial charge < -0.3 is 16.0 Å². The molecule has 1 saturated carbocycles. The van der Waals surface area contributed by atoms with Crippen LogP contribution < -0.4 is 11.1 Å². The Hall–Kier alpha value is -0.660. The quantitative estimate of drug-likeness (QED) is 0.636. The van der Waals surface area contributed by atoms with E-state index in [4.69, 9.17) is 5.73 Å². The highest BCUT2D eigenvalue weighted by atomic mass is 32.2. The summed E-state index contributed by atoms with van der Waals surface area (Å²) in [7, 11) is 0.771. The minimum absolute atomic E-state index is 0.168. The van der Waals surface area contributed by atoms with Crippen LogP contribution in [0.4, 0.5) is 0 Å². The number of nitrogens with zero attached hydrogens (tertiary/aromatic N) is 1. The van der Waals surface area contributed by atoms with E-state index >= 15 is 0 Å². The topological polar surface area (TPSA) is 92.5 Å². The Morgan fingerprint density at radius 3 is 2.60 bits per heavy atom. The van der Waals surface area contributed by atoms with E-state index < -0.39 is 15.4 Å². The first kappa shape index (κ1) is 17.4. The Kier molecular flexibility index (Phi) is 5.97. The van der Waals surface area contributed by atoms with Gasteiger partial charge in [-0.05, 0) is 45.8 Å². The molecular weight excluding hydrogens is 278 g/mol. The molecule has 1 rings (SSSR count). The van der Waals surface area contributed by atoms with Crippen molar-refractivity contribution in [2.75, 3.05) is 39.2 Å². The summed E-state index contributed by atoms with van der Waals surface area (Å²) in [5.41, 5.74) is 4.98. The maximum Gasteiger partial charge on any atom is 0.238 e. The third-order valence-corrected chi connectivity index (χ3v) is 5.33. The SMILES string of the molecule is CNC1(C(N)=O)CCCC1CCN(C)CCS(C)(=O)=O. The largest absolute Gasteiger partial charge is 0.368 e. The van der Waals surface area contributed by atoms with Gasteiger partial charge in [0.15, 0.2) is 0 Å². The average Bonchev–Trinajstić information content (AvgIpc) is 2.77. The van der Waals surface area contributed by atoms with Crippen molar-refractivity contribution >= 4 is 15.7 Å². The lowest BCUT2D eigenvalue weighted by Gasteiger charge is -2.33. The summed E-state index contributed by atoms with van der Waals surface area (Å²) in [4.78, 5) is 13.7. The van der Waals surface area contributed by atoms with Crippen molar-refractivity contribution in [3.8, 4) is 0 Å². The van der Waals surface area contributed by atoms with Crippen LogP contribution in [0.5, 0.6) is 0 Å². The lowest BCUT2D eigenvalue weighted by atomic mass is 9.84. The van der Waals surface area contributed by atoms with Crippen LogP contribution in [0.15, 0.2) is 0 Å². The fourth-order valence-corrected chi connectivity index (χ4v) is 3.70. The highest BCUT2D eigenvalue weighted by molar-refractivity contribution is 7.90. The molecule has 2 unspecified atom stereocenters. The highest BCUT2D eigenvalue weighted by Crippen LogP contribution is 2.37. The molecule has 1 amide bonds. The molecule has 0 aromatic carbocycles. The molecular formula is C13H27N3O3S. The molecule has 1 fully saturated rings. The molecule has 0 aromatic rings. The fraction of sp³-hybridized carbons (Fsp3) is 0.923. The number of amides is 1. The molecule has 0 spiro atoms. The average molecular weight is 305 g/mol. The van der Waals surface area contributed by atoms with Crippen molar-refractivity contribution in [3.63, 3.8) is 0 Å². The van der Waals surface area contributed by atoms with E-state index in [-0.39, 0.29) is 17.6 Å². The van der Waals surface area contributed by atoms with E-state index in [9.17, 15) is 13.2 Å². The predicted octanol–water partition coefficient (Wildman–Crippen LogP) is -0.403. The first-order valence-corrected chi connectivity index (χ1v) is 9.12. The molecule has 1 aliphatic carbocycles. The van der Waals surface area contributed by atoms with Crippen molar-refractivity contribution in [3.05, 3.63) is 0 Å². The van der Waals surface area contributed by atoms with Gasteiger partial charge in [0.2, 0.25) is 5.91 Å². The van der Waals surface area contributed by atoms with Crippen molar-refractivity contribution in [2.24, 2.45) is 11.7 Å². The maximum atomic E-state index is 11.7. The van der Waals surface area contributed by atoms with E-state index in [2.05, 4.69) is 5.32 Å². The molecule has 0 aliphatic heterocycles. The number of carbonyl (C=O) groups excluding carboxylic acids is 1. The van der Waals surface area contributed by atoms with Crippen LogP contribution in [-0.4, -0.2) is 64.0 Å². The van der Waals surface area contributed by atoms with Crippen molar-refractivity contribution < 1.29 is 13.2 Å². The predicted molar refractivity (Wildman–Crippen MR) is 80.2 cm³/mol. The second-order valence-electron chi connectivity index (χ2n) is 5.90. The van der Waals surface area contributed by atoms with E-state index in [0.717, 1.165) is 32.2 Å². The molecule has 0 heterocycles. The van der Waals surface area contributed by atoms with Gasteiger partial charge in [0, 0.05) is 12.8 Å². The van der Waals surface area contributed by atoms with Gasteiger partial charge in [-0.3, -0.25) is 4.79 Å². The van der Waals surface area contributed by atoms with Gasteiger partial charge in [-0.1, -0.05) is 6.42 Å². The molecule has 0 radical (unpaired) electrons. The van der Waals surface area contributed by atoms with Crippen LogP contribution >= 0.6 is 0 Å². The van der Waals surface area contributed by atoms with Gasteiger partial charge in [0.25, 0.3) is 0 Å². The number of carbonyl (C=O) groups is 1. The van der Waals surface area contributed by atoms with E-state index in [0.29, 0.717) is 6.54 Å². The molecule has 3 N–H and O–H groups in total. The minimum atomic E-state index is -2.93. The molecule has 2 atom stereocenters. The van der Waals surface area contributed by atoms with Gasteiger partial charge in [0.1, 0.15) is 15.4 Å². The molecule has 20 heavy (non-hydrogen) atoms. The number of rotatable bonds is 8. The van der Waals surface area contributed by atoms with Crippen LogP contribution in [0.25, 0.3) is 0 Å². The molecule has 0 aromatic heterocycles. The second-order valence-corrected chi connectivity index (χ2v) is 8.16. The minimum Gasteiger partial charge on any atom is -0.368 e. The first-order chi connectivity index (χ1) is 9.21. The Morgan fingerprint density at radius 1 is 1.45 bits per heavy atom. The van der Waals surface area contributed by atoms with Gasteiger partial charge in [-0.25, -0.2) is 8.42 Å². The Bertz CT molecular complexity index is 438. The second kappa shape index (κ2) is 6.87. The number of nitrogens with two attached hydrogens (primary N) is 1. The zero-order valence-electron chi connectivity index (χ0n) is 12.7. The van der Waals surface area contributed by atoms with Crippen LogP contribution in [0.3, 0.4) is 0 Å². The summed E-state index contributed by atoms with van der Waals surface area (Å²) < 4.78 is 22.3. The number of primary amides is 1. The van der Waals surface area contributed by atoms with Crippen molar-refractivity contribution in [1.82, 2.24) is 10.2 Å². The van der Waals surface area contributed by atoms with E-state index in [1.165, 1.54) is 6.26 Å². The van der Waals surface area contributed by atoms with Crippen LogP contribution in [-0.2, 0) is 14.6 Å². The number of hydrogen-bond donors (Lipinski definition) is 2. The van der Waals surface area contributed by atoms with Crippen molar-refractivity contribution in [2.45, 2.75) is 31.2 Å². The van der Waals surface area contributed by atoms with Crippen LogP contribution in [0.1, 0.15) is 25.7 Å². The molecule has 0 bridgehead atoms. The van der Waals surface area contributed by atoms with Gasteiger partial charge in [0.05, 0.1) is 5.75 Å². The summed E-state index contributed by atoms with van der Waals surface area (Å²) in [5.74, 6) is 0.119. The Labute approximate surface area is 122 Å². The normalized spacial score (nSPS) is 27.1. The summed E-state index contributed by atoms with van der Waals surface area (Å²) in [5, 5.41) is 3.12. The summed E-state index contributed by atoms with van der Waals surface area (Å²) in [6, 6.07) is 0. The summed E-state index contributed by atoms with van der Waals surface area (Å²) in [6.07, 6.45) is 4.88. The lowest BCUT2D eigenvalue weighted by Crippen LogP contribution is -2.56. The number of sulfone groups is 1. The monoisotopic (exact) mass is 305 g/mol. The van der Waals surface area contributed by atoms with E-state index in [1.54, 1.807) is 7.05 Å². The number of hydrogen-bond acceptors (Lipinski definition) is 5. The van der Waals surface area contributed by atoms with Crippen LogP contribution in [0.2, 0.25) is 0 Å². The smallest absolute Gasteiger partial charge is 0.238 e. The standard InChI is InChI=1S/C13H27N3O3S/c1-15-13(12(14)17)7-4-5-11(13)6-8-16(2)9-10-20(3,18)19/h11,15H,4-10H2,1-3H3,(H2,14,17).